The number of hydrogen-bond acceptors (Lipinski definition) is 7. The van der Waals surface area contributed by atoms with Gasteiger partial charge in [-0.05, 0) is 30.9 Å². The van der Waals surface area contributed by atoms with Crippen LogP contribution in [0.3, 0.4) is 0 Å². The van der Waals surface area contributed by atoms with Crippen LogP contribution in [0, 0.1) is 5.92 Å². The highest BCUT2D eigenvalue weighted by Crippen LogP contribution is 2.33. The van der Waals surface area contributed by atoms with Gasteiger partial charge < -0.3 is 30.3 Å². The first kappa shape index (κ1) is 26.3. The first-order valence-corrected chi connectivity index (χ1v) is 11.8. The second-order valence-electron chi connectivity index (χ2n) is 7.83. The van der Waals surface area contributed by atoms with Gasteiger partial charge in [-0.3, -0.25) is 9.59 Å². The number of methoxy groups -OCH3 is 1. The number of aliphatic hydroxyl groups excluding tert-OH is 3. The van der Waals surface area contributed by atoms with Crippen LogP contribution in [0.25, 0.3) is 0 Å². The van der Waals surface area contributed by atoms with Gasteiger partial charge in [0.2, 0.25) is 5.91 Å². The molecule has 178 valence electrons. The van der Waals surface area contributed by atoms with Crippen molar-refractivity contribution in [3.63, 3.8) is 0 Å². The molecule has 2 amide bonds. The number of thioether (sulfide) groups is 1. The molecule has 2 rings (SSSR count). The summed E-state index contributed by atoms with van der Waals surface area (Å²) >= 11 is 1.44. The summed E-state index contributed by atoms with van der Waals surface area (Å²) in [5, 5.41) is 33.7. The van der Waals surface area contributed by atoms with Crippen LogP contribution in [-0.4, -0.2) is 77.5 Å². The van der Waals surface area contributed by atoms with E-state index in [2.05, 4.69) is 5.32 Å². The number of fused-ring (bicyclic) bond motifs is 1. The Kier molecular flexibility index (Phi) is 10.2. The van der Waals surface area contributed by atoms with Crippen LogP contribution >= 0.6 is 11.8 Å². The molecule has 0 saturated carbocycles. The fourth-order valence-electron chi connectivity index (χ4n) is 3.54. The molecule has 0 fully saturated rings. The zero-order chi connectivity index (χ0) is 23.8. The van der Waals surface area contributed by atoms with E-state index >= 15 is 0 Å². The van der Waals surface area contributed by atoms with Crippen LogP contribution < -0.4 is 10.2 Å². The molecular weight excluding hydrogens is 432 g/mol. The number of carbonyl (C=O) groups is 2. The van der Waals surface area contributed by atoms with Crippen LogP contribution in [0.5, 0.6) is 0 Å². The van der Waals surface area contributed by atoms with Crippen molar-refractivity contribution in [1.29, 1.82) is 0 Å². The van der Waals surface area contributed by atoms with Gasteiger partial charge in [0.25, 0.3) is 5.91 Å². The van der Waals surface area contributed by atoms with Crippen molar-refractivity contribution in [2.75, 3.05) is 24.8 Å². The van der Waals surface area contributed by atoms with Gasteiger partial charge >= 0.3 is 0 Å². The highest BCUT2D eigenvalue weighted by molar-refractivity contribution is 7.99. The number of benzene rings is 1. The monoisotopic (exact) mass is 466 g/mol. The van der Waals surface area contributed by atoms with Gasteiger partial charge in [0, 0.05) is 24.8 Å². The second-order valence-corrected chi connectivity index (χ2v) is 8.89. The highest BCUT2D eigenvalue weighted by atomic mass is 32.2. The predicted octanol–water partition coefficient (Wildman–Crippen LogP) is 1.33. The van der Waals surface area contributed by atoms with E-state index in [1.54, 1.807) is 13.1 Å². The Bertz CT molecular complexity index is 800. The van der Waals surface area contributed by atoms with Gasteiger partial charge in [0.05, 0.1) is 5.69 Å². The average molecular weight is 467 g/mol. The van der Waals surface area contributed by atoms with Crippen molar-refractivity contribution in [2.24, 2.45) is 5.92 Å². The topological polar surface area (TPSA) is 119 Å². The minimum Gasteiger partial charge on any atom is -0.387 e. The van der Waals surface area contributed by atoms with Gasteiger partial charge in [-0.25, -0.2) is 0 Å². The zero-order valence-electron chi connectivity index (χ0n) is 19.0. The van der Waals surface area contributed by atoms with Crippen molar-refractivity contribution < 1.29 is 29.6 Å². The normalized spacial score (nSPS) is 20.6. The van der Waals surface area contributed by atoms with E-state index in [9.17, 15) is 24.9 Å². The lowest BCUT2D eigenvalue weighted by Gasteiger charge is -2.28. The molecule has 1 unspecified atom stereocenters. The minimum atomic E-state index is -1.69. The summed E-state index contributed by atoms with van der Waals surface area (Å²) < 4.78 is 5.12. The van der Waals surface area contributed by atoms with Gasteiger partial charge in [-0.1, -0.05) is 38.1 Å². The average Bonchev–Trinajstić information content (AvgIpc) is 2.91. The molecule has 0 radical (unpaired) electrons. The SMILES string of the molecule is CCC(/C=C/[C@@H](O)[C@H](O)[C@@H](O)[C@@H](OC)C(=O)NC1CSc2ccccc2N(C)C1=O)CC. The number of para-hydroxylation sites is 1. The van der Waals surface area contributed by atoms with E-state index in [1.165, 1.54) is 29.8 Å². The van der Waals surface area contributed by atoms with Crippen LogP contribution in [-0.2, 0) is 14.3 Å². The number of nitrogens with one attached hydrogen (secondary N) is 1. The van der Waals surface area contributed by atoms with Gasteiger partial charge in [0.1, 0.15) is 24.4 Å². The van der Waals surface area contributed by atoms with E-state index in [-0.39, 0.29) is 11.8 Å². The van der Waals surface area contributed by atoms with E-state index in [0.717, 1.165) is 23.4 Å². The lowest BCUT2D eigenvalue weighted by atomic mass is 9.98. The Morgan fingerprint density at radius 2 is 1.88 bits per heavy atom. The summed E-state index contributed by atoms with van der Waals surface area (Å²) in [6.45, 7) is 4.04. The highest BCUT2D eigenvalue weighted by Gasteiger charge is 2.38. The molecule has 0 aliphatic carbocycles. The van der Waals surface area contributed by atoms with Crippen molar-refractivity contribution in [1.82, 2.24) is 5.32 Å². The number of likely N-dealkylation sites (N-methyl/N-ethyl adjacent to an activating group) is 1. The molecule has 9 heteroatoms. The largest absolute Gasteiger partial charge is 0.387 e. The van der Waals surface area contributed by atoms with Crippen molar-refractivity contribution in [2.45, 2.75) is 62.0 Å². The third-order valence-corrected chi connectivity index (χ3v) is 6.89. The first-order valence-electron chi connectivity index (χ1n) is 10.8. The van der Waals surface area contributed by atoms with E-state index < -0.39 is 36.4 Å². The Hall–Kier alpha value is -1.91. The maximum Gasteiger partial charge on any atom is 0.252 e. The number of rotatable bonds is 10. The second kappa shape index (κ2) is 12.4. The molecule has 1 aliphatic heterocycles. The molecule has 5 atom stereocenters. The quantitative estimate of drug-likeness (QED) is 0.384. The van der Waals surface area contributed by atoms with Gasteiger partial charge in [-0.2, -0.15) is 0 Å². The minimum absolute atomic E-state index is 0.246. The Balaban J connectivity index is 2.06. The Morgan fingerprint density at radius 1 is 1.22 bits per heavy atom. The third-order valence-electron chi connectivity index (χ3n) is 5.73. The standard InChI is InChI=1S/C23H34N2O6S/c1-5-14(6-2)11-12-17(26)19(27)20(28)21(31-4)22(29)24-15-13-32-18-10-8-7-9-16(18)25(3)23(15)30/h7-12,14-15,17,19-21,26-28H,5-6,13H2,1-4H3,(H,24,29)/b12-11+/t15?,17-,19+,20-,21-/m1/s1. The summed E-state index contributed by atoms with van der Waals surface area (Å²) in [5.41, 5.74) is 0.755. The van der Waals surface area contributed by atoms with Crippen LogP contribution in [0.2, 0.25) is 0 Å². The number of ether oxygens (including phenoxy) is 1. The van der Waals surface area contributed by atoms with Gasteiger partial charge in [-0.15, -0.1) is 11.8 Å². The molecule has 1 heterocycles. The Labute approximate surface area is 193 Å². The molecule has 8 nitrogen and oxygen atoms in total. The van der Waals surface area contributed by atoms with Gasteiger partial charge in [0.15, 0.2) is 6.10 Å². The summed E-state index contributed by atoms with van der Waals surface area (Å²) in [6, 6.07) is 6.61. The number of anilines is 1. The molecule has 0 bridgehead atoms. The van der Waals surface area contributed by atoms with Crippen molar-refractivity contribution in [3.8, 4) is 0 Å². The Morgan fingerprint density at radius 3 is 2.50 bits per heavy atom. The molecule has 0 aromatic heterocycles. The number of allylic oxidation sites excluding steroid dienone is 1. The number of carbonyl (C=O) groups excluding carboxylic acids is 2. The number of nitrogens with zero attached hydrogens (tertiary/aromatic N) is 1. The lowest BCUT2D eigenvalue weighted by molar-refractivity contribution is -0.150. The molecule has 32 heavy (non-hydrogen) atoms. The van der Waals surface area contributed by atoms with E-state index in [4.69, 9.17) is 4.74 Å². The molecule has 0 spiro atoms. The predicted molar refractivity (Wildman–Crippen MR) is 125 cm³/mol. The number of aliphatic hydroxyl groups is 3. The molecule has 1 aliphatic rings. The third kappa shape index (κ3) is 6.32. The molecule has 0 saturated heterocycles. The summed E-state index contributed by atoms with van der Waals surface area (Å²) in [5.74, 6) is -0.486. The fraction of sp³-hybridized carbons (Fsp3) is 0.565. The van der Waals surface area contributed by atoms with Crippen LogP contribution in [0.1, 0.15) is 26.7 Å². The zero-order valence-corrected chi connectivity index (χ0v) is 19.8. The first-order chi connectivity index (χ1) is 15.2. The van der Waals surface area contributed by atoms with E-state index in [1.807, 2.05) is 38.1 Å². The maximum atomic E-state index is 12.9. The van der Waals surface area contributed by atoms with Crippen molar-refractivity contribution in [3.05, 3.63) is 36.4 Å². The molecule has 1 aromatic carbocycles. The molecular formula is C23H34N2O6S. The van der Waals surface area contributed by atoms with Crippen molar-refractivity contribution >= 4 is 29.3 Å². The summed E-state index contributed by atoms with van der Waals surface area (Å²) in [4.78, 5) is 28.1. The fourth-order valence-corrected chi connectivity index (χ4v) is 4.64. The number of amides is 2. The molecule has 1 aromatic rings. The summed E-state index contributed by atoms with van der Waals surface area (Å²) in [7, 11) is 2.86. The summed E-state index contributed by atoms with van der Waals surface area (Å²) in [6.07, 6.45) is -1.18. The number of hydrogen-bond donors (Lipinski definition) is 4. The molecule has 4 N–H and O–H groups in total. The van der Waals surface area contributed by atoms with Crippen LogP contribution in [0.4, 0.5) is 5.69 Å². The van der Waals surface area contributed by atoms with Crippen LogP contribution in [0.15, 0.2) is 41.3 Å². The maximum absolute atomic E-state index is 12.9. The lowest BCUT2D eigenvalue weighted by Crippen LogP contribution is -2.56. The smallest absolute Gasteiger partial charge is 0.252 e. The van der Waals surface area contributed by atoms with E-state index in [0.29, 0.717) is 5.75 Å².